The Kier molecular flexibility index (Phi) is 6.35. The Morgan fingerprint density at radius 3 is 2.74 bits per heavy atom. The molecule has 0 amide bonds. The first-order valence-electron chi connectivity index (χ1n) is 7.65. The fraction of sp³-hybridized carbons (Fsp3) is 0.750. The van der Waals surface area contributed by atoms with Crippen LogP contribution in [0.4, 0.5) is 0 Å². The van der Waals surface area contributed by atoms with Crippen molar-refractivity contribution in [2.75, 3.05) is 13.2 Å². The van der Waals surface area contributed by atoms with Crippen LogP contribution in [0.5, 0.6) is 0 Å². The monoisotopic (exact) mass is 281 g/mol. The lowest BCUT2D eigenvalue weighted by Crippen LogP contribution is -2.30. The minimum Gasteiger partial charge on any atom is -0.377 e. The average molecular weight is 281 g/mol. The van der Waals surface area contributed by atoms with Crippen molar-refractivity contribution in [2.24, 2.45) is 5.92 Å². The SMILES string of the molecule is CC(C)C(NCCOC1CCCCC1)c1cccs1. The largest absolute Gasteiger partial charge is 0.377 e. The van der Waals surface area contributed by atoms with E-state index in [2.05, 4.69) is 36.7 Å². The summed E-state index contributed by atoms with van der Waals surface area (Å²) in [5, 5.41) is 5.80. The van der Waals surface area contributed by atoms with Crippen LogP contribution in [0, 0.1) is 5.92 Å². The third kappa shape index (κ3) is 4.90. The van der Waals surface area contributed by atoms with Crippen LogP contribution in [0.3, 0.4) is 0 Å². The van der Waals surface area contributed by atoms with Crippen LogP contribution in [0.15, 0.2) is 17.5 Å². The Morgan fingerprint density at radius 2 is 2.11 bits per heavy atom. The molecule has 19 heavy (non-hydrogen) atoms. The molecule has 0 bridgehead atoms. The first-order chi connectivity index (χ1) is 9.27. The fourth-order valence-electron chi connectivity index (χ4n) is 2.80. The van der Waals surface area contributed by atoms with E-state index in [0.717, 1.165) is 13.2 Å². The van der Waals surface area contributed by atoms with Crippen molar-refractivity contribution in [1.29, 1.82) is 0 Å². The molecular weight excluding hydrogens is 254 g/mol. The quantitative estimate of drug-likeness (QED) is 0.749. The molecule has 2 rings (SSSR count). The minimum absolute atomic E-state index is 0.468. The van der Waals surface area contributed by atoms with Gasteiger partial charge in [-0.2, -0.15) is 0 Å². The van der Waals surface area contributed by atoms with Gasteiger partial charge < -0.3 is 10.1 Å². The second-order valence-corrected chi connectivity index (χ2v) is 6.80. The molecule has 1 aliphatic carbocycles. The Balaban J connectivity index is 1.68. The lowest BCUT2D eigenvalue weighted by molar-refractivity contribution is 0.0289. The van der Waals surface area contributed by atoms with Gasteiger partial charge in [-0.1, -0.05) is 39.2 Å². The topological polar surface area (TPSA) is 21.3 Å². The van der Waals surface area contributed by atoms with Gasteiger partial charge in [0.05, 0.1) is 12.7 Å². The van der Waals surface area contributed by atoms with E-state index in [1.165, 1.54) is 37.0 Å². The van der Waals surface area contributed by atoms with Crippen molar-refractivity contribution < 1.29 is 4.74 Å². The molecule has 3 heteroatoms. The normalized spacial score (nSPS) is 18.9. The van der Waals surface area contributed by atoms with Crippen LogP contribution in [-0.4, -0.2) is 19.3 Å². The summed E-state index contributed by atoms with van der Waals surface area (Å²) in [4.78, 5) is 1.44. The molecule has 1 fully saturated rings. The molecule has 108 valence electrons. The Morgan fingerprint density at radius 1 is 1.32 bits per heavy atom. The number of hydrogen-bond donors (Lipinski definition) is 1. The standard InChI is InChI=1S/C16H27NOS/c1-13(2)16(15-9-6-12-19-15)17-10-11-18-14-7-4-3-5-8-14/h6,9,12-14,16-17H,3-5,7-8,10-11H2,1-2H3. The summed E-state index contributed by atoms with van der Waals surface area (Å²) >= 11 is 1.84. The highest BCUT2D eigenvalue weighted by molar-refractivity contribution is 7.10. The molecule has 1 heterocycles. The summed E-state index contributed by atoms with van der Waals surface area (Å²) in [7, 11) is 0. The summed E-state index contributed by atoms with van der Waals surface area (Å²) in [6, 6.07) is 4.83. The van der Waals surface area contributed by atoms with Crippen LogP contribution < -0.4 is 5.32 Å². The van der Waals surface area contributed by atoms with Crippen molar-refractivity contribution in [2.45, 2.75) is 58.1 Å². The third-order valence-corrected chi connectivity index (χ3v) is 4.84. The van der Waals surface area contributed by atoms with Crippen LogP contribution >= 0.6 is 11.3 Å². The van der Waals surface area contributed by atoms with E-state index in [1.807, 2.05) is 11.3 Å². The zero-order valence-corrected chi connectivity index (χ0v) is 13.0. The zero-order chi connectivity index (χ0) is 13.5. The molecular formula is C16H27NOS. The maximum Gasteiger partial charge on any atom is 0.0594 e. The first kappa shape index (κ1) is 15.0. The van der Waals surface area contributed by atoms with Gasteiger partial charge in [0.2, 0.25) is 0 Å². The summed E-state index contributed by atoms with van der Waals surface area (Å²) in [6.45, 7) is 6.36. The highest BCUT2D eigenvalue weighted by atomic mass is 32.1. The highest BCUT2D eigenvalue weighted by Gasteiger charge is 2.17. The van der Waals surface area contributed by atoms with Crippen LogP contribution in [-0.2, 0) is 4.74 Å². The number of hydrogen-bond acceptors (Lipinski definition) is 3. The minimum atomic E-state index is 0.468. The summed E-state index contributed by atoms with van der Waals surface area (Å²) < 4.78 is 5.97. The number of nitrogens with one attached hydrogen (secondary N) is 1. The Hall–Kier alpha value is -0.380. The van der Waals surface area contributed by atoms with Gasteiger partial charge in [-0.25, -0.2) is 0 Å². The van der Waals surface area contributed by atoms with E-state index < -0.39 is 0 Å². The molecule has 0 aromatic carbocycles. The van der Waals surface area contributed by atoms with Crippen molar-refractivity contribution in [1.82, 2.24) is 5.32 Å². The van der Waals surface area contributed by atoms with Gasteiger partial charge >= 0.3 is 0 Å². The predicted molar refractivity (Wildman–Crippen MR) is 82.7 cm³/mol. The van der Waals surface area contributed by atoms with E-state index in [0.29, 0.717) is 18.1 Å². The molecule has 1 N–H and O–H groups in total. The second kappa shape index (κ2) is 8.03. The molecule has 1 aromatic rings. The molecule has 2 nitrogen and oxygen atoms in total. The molecule has 0 aliphatic heterocycles. The molecule has 0 spiro atoms. The van der Waals surface area contributed by atoms with Crippen LogP contribution in [0.1, 0.15) is 56.9 Å². The van der Waals surface area contributed by atoms with Crippen molar-refractivity contribution >= 4 is 11.3 Å². The van der Waals surface area contributed by atoms with Gasteiger partial charge in [-0.3, -0.25) is 0 Å². The smallest absolute Gasteiger partial charge is 0.0594 e. The first-order valence-corrected chi connectivity index (χ1v) is 8.53. The summed E-state index contributed by atoms with van der Waals surface area (Å²) in [6.07, 6.45) is 7.14. The van der Waals surface area contributed by atoms with Crippen molar-refractivity contribution in [3.8, 4) is 0 Å². The molecule has 1 saturated carbocycles. The van der Waals surface area contributed by atoms with E-state index in [9.17, 15) is 0 Å². The maximum absolute atomic E-state index is 5.97. The number of rotatable bonds is 7. The van der Waals surface area contributed by atoms with E-state index in [1.54, 1.807) is 0 Å². The van der Waals surface area contributed by atoms with Gasteiger partial charge in [0, 0.05) is 17.5 Å². The van der Waals surface area contributed by atoms with E-state index >= 15 is 0 Å². The lowest BCUT2D eigenvalue weighted by Gasteiger charge is -2.24. The van der Waals surface area contributed by atoms with Gasteiger partial charge in [-0.05, 0) is 30.2 Å². The molecule has 0 saturated heterocycles. The van der Waals surface area contributed by atoms with Crippen LogP contribution in [0.25, 0.3) is 0 Å². The summed E-state index contributed by atoms with van der Waals surface area (Å²) in [5.74, 6) is 0.619. The Bertz CT molecular complexity index is 331. The van der Waals surface area contributed by atoms with Gasteiger partial charge in [0.1, 0.15) is 0 Å². The van der Waals surface area contributed by atoms with E-state index in [4.69, 9.17) is 4.74 Å². The molecule has 1 aliphatic rings. The molecule has 1 unspecified atom stereocenters. The molecule has 1 aromatic heterocycles. The third-order valence-electron chi connectivity index (χ3n) is 3.89. The van der Waals surface area contributed by atoms with Gasteiger partial charge in [-0.15, -0.1) is 11.3 Å². The average Bonchev–Trinajstić information content (AvgIpc) is 2.93. The van der Waals surface area contributed by atoms with Crippen molar-refractivity contribution in [3.05, 3.63) is 22.4 Å². The maximum atomic E-state index is 5.97. The van der Waals surface area contributed by atoms with E-state index in [-0.39, 0.29) is 0 Å². The van der Waals surface area contributed by atoms with Crippen LogP contribution in [0.2, 0.25) is 0 Å². The second-order valence-electron chi connectivity index (χ2n) is 5.82. The Labute approximate surface area is 121 Å². The molecule has 0 radical (unpaired) electrons. The van der Waals surface area contributed by atoms with Gasteiger partial charge in [0.25, 0.3) is 0 Å². The van der Waals surface area contributed by atoms with Crippen molar-refractivity contribution in [3.63, 3.8) is 0 Å². The van der Waals surface area contributed by atoms with Gasteiger partial charge in [0.15, 0.2) is 0 Å². The summed E-state index contributed by atoms with van der Waals surface area (Å²) in [5.41, 5.74) is 0. The predicted octanol–water partition coefficient (Wildman–Crippen LogP) is 4.38. The molecule has 1 atom stereocenters. The lowest BCUT2D eigenvalue weighted by atomic mass is 9.98. The number of thiophene rings is 1. The number of ether oxygens (including phenoxy) is 1. The highest BCUT2D eigenvalue weighted by Crippen LogP contribution is 2.25. The fourth-order valence-corrected chi connectivity index (χ4v) is 3.78. The zero-order valence-electron chi connectivity index (χ0n) is 12.2.